The fourth-order valence-electron chi connectivity index (χ4n) is 2.89. The van der Waals surface area contributed by atoms with Crippen molar-refractivity contribution >= 4 is 6.09 Å². The number of carbonyl (C=O) groups excluding carboxylic acids is 1. The Morgan fingerprint density at radius 2 is 1.65 bits per heavy atom. The number of ether oxygens (including phenoxy) is 1. The minimum Gasteiger partial charge on any atom is -0.444 e. The third kappa shape index (κ3) is 3.36. The van der Waals surface area contributed by atoms with Crippen molar-refractivity contribution in [2.24, 2.45) is 11.8 Å². The van der Waals surface area contributed by atoms with Gasteiger partial charge in [-0.2, -0.15) is 0 Å². The molecule has 1 saturated heterocycles. The molecule has 17 heavy (non-hydrogen) atoms. The van der Waals surface area contributed by atoms with Gasteiger partial charge in [0.25, 0.3) is 0 Å². The lowest BCUT2D eigenvalue weighted by Crippen LogP contribution is -2.54. The Labute approximate surface area is 105 Å². The first kappa shape index (κ1) is 12.7. The van der Waals surface area contributed by atoms with Crippen LogP contribution in [0.15, 0.2) is 0 Å². The zero-order valence-electron chi connectivity index (χ0n) is 11.4. The molecule has 1 amide bonds. The molecule has 0 radical (unpaired) electrons. The molecule has 0 spiro atoms. The lowest BCUT2D eigenvalue weighted by Gasteiger charge is -2.44. The summed E-state index contributed by atoms with van der Waals surface area (Å²) in [6.07, 6.45) is 6.77. The van der Waals surface area contributed by atoms with Crippen LogP contribution in [0, 0.1) is 11.8 Å². The van der Waals surface area contributed by atoms with Crippen LogP contribution in [0.3, 0.4) is 0 Å². The molecule has 98 valence electrons. The minimum atomic E-state index is -0.368. The monoisotopic (exact) mass is 239 g/mol. The molecule has 0 N–H and O–H groups in total. The predicted molar refractivity (Wildman–Crippen MR) is 67.9 cm³/mol. The second kappa shape index (κ2) is 4.87. The zero-order valence-corrected chi connectivity index (χ0v) is 11.4. The molecule has 1 aliphatic heterocycles. The van der Waals surface area contributed by atoms with Gasteiger partial charge in [-0.25, -0.2) is 4.79 Å². The van der Waals surface area contributed by atoms with Gasteiger partial charge in [-0.3, -0.25) is 0 Å². The summed E-state index contributed by atoms with van der Waals surface area (Å²) in [4.78, 5) is 13.6. The Kier molecular flexibility index (Phi) is 3.64. The van der Waals surface area contributed by atoms with Crippen molar-refractivity contribution in [1.29, 1.82) is 0 Å². The maximum atomic E-state index is 11.8. The fourth-order valence-corrected chi connectivity index (χ4v) is 2.89. The Hall–Kier alpha value is -0.730. The molecule has 0 unspecified atom stereocenters. The molecule has 0 atom stereocenters. The third-order valence-electron chi connectivity index (χ3n) is 3.88. The average Bonchev–Trinajstić information content (AvgIpc) is 2.14. The lowest BCUT2D eigenvalue weighted by atomic mass is 9.76. The average molecular weight is 239 g/mol. The Morgan fingerprint density at radius 3 is 2.18 bits per heavy atom. The summed E-state index contributed by atoms with van der Waals surface area (Å²) in [6, 6.07) is 0. The van der Waals surface area contributed by atoms with Gasteiger partial charge >= 0.3 is 6.09 Å². The number of carbonyl (C=O) groups is 1. The van der Waals surface area contributed by atoms with Crippen LogP contribution in [-0.2, 0) is 4.74 Å². The summed E-state index contributed by atoms with van der Waals surface area (Å²) >= 11 is 0. The van der Waals surface area contributed by atoms with E-state index in [1.165, 1.54) is 32.1 Å². The van der Waals surface area contributed by atoms with E-state index in [-0.39, 0.29) is 11.7 Å². The lowest BCUT2D eigenvalue weighted by molar-refractivity contribution is -0.0144. The second-order valence-corrected chi connectivity index (χ2v) is 6.54. The predicted octanol–water partition coefficient (Wildman–Crippen LogP) is 3.43. The van der Waals surface area contributed by atoms with E-state index >= 15 is 0 Å². The molecule has 1 saturated carbocycles. The summed E-state index contributed by atoms with van der Waals surface area (Å²) in [6.45, 7) is 7.59. The van der Waals surface area contributed by atoms with Crippen LogP contribution in [0.25, 0.3) is 0 Å². The van der Waals surface area contributed by atoms with E-state index in [9.17, 15) is 4.79 Å². The molecule has 0 bridgehead atoms. The molecule has 0 aromatic heterocycles. The number of hydrogen-bond acceptors (Lipinski definition) is 2. The van der Waals surface area contributed by atoms with Gasteiger partial charge in [-0.1, -0.05) is 32.1 Å². The first-order valence-corrected chi connectivity index (χ1v) is 6.93. The van der Waals surface area contributed by atoms with E-state index in [1.54, 1.807) is 0 Å². The van der Waals surface area contributed by atoms with E-state index in [1.807, 2.05) is 25.7 Å². The Morgan fingerprint density at radius 1 is 1.06 bits per heavy atom. The van der Waals surface area contributed by atoms with Crippen LogP contribution in [-0.4, -0.2) is 29.7 Å². The number of nitrogens with zero attached hydrogens (tertiary/aromatic N) is 1. The van der Waals surface area contributed by atoms with Crippen molar-refractivity contribution < 1.29 is 9.53 Å². The molecule has 2 fully saturated rings. The van der Waals surface area contributed by atoms with Crippen molar-refractivity contribution in [3.8, 4) is 0 Å². The highest BCUT2D eigenvalue weighted by Crippen LogP contribution is 2.35. The summed E-state index contributed by atoms with van der Waals surface area (Å²) < 4.78 is 5.36. The number of amides is 1. The van der Waals surface area contributed by atoms with Gasteiger partial charge in [0.2, 0.25) is 0 Å². The molecule has 2 aliphatic rings. The van der Waals surface area contributed by atoms with Crippen molar-refractivity contribution in [3.63, 3.8) is 0 Å². The Bertz CT molecular complexity index is 270. The van der Waals surface area contributed by atoms with Gasteiger partial charge in [0.05, 0.1) is 0 Å². The normalized spacial score (nSPS) is 23.4. The maximum absolute atomic E-state index is 11.8. The molecule has 1 aliphatic carbocycles. The SMILES string of the molecule is CC(C)(C)OC(=O)N1CC(C2CCCCC2)C1. The molecule has 0 aromatic carbocycles. The largest absolute Gasteiger partial charge is 0.444 e. The number of rotatable bonds is 1. The Balaban J connectivity index is 1.72. The summed E-state index contributed by atoms with van der Waals surface area (Å²) in [5.41, 5.74) is -0.368. The van der Waals surface area contributed by atoms with Gasteiger partial charge in [-0.15, -0.1) is 0 Å². The molecule has 2 rings (SSSR count). The van der Waals surface area contributed by atoms with Crippen LogP contribution in [0.2, 0.25) is 0 Å². The van der Waals surface area contributed by atoms with Crippen LogP contribution >= 0.6 is 0 Å². The number of likely N-dealkylation sites (tertiary alicyclic amines) is 1. The molecular weight excluding hydrogens is 214 g/mol. The van der Waals surface area contributed by atoms with E-state index in [2.05, 4.69) is 0 Å². The highest BCUT2D eigenvalue weighted by Gasteiger charge is 2.38. The van der Waals surface area contributed by atoms with Gasteiger partial charge in [-0.05, 0) is 32.6 Å². The zero-order chi connectivity index (χ0) is 12.5. The molecule has 3 nitrogen and oxygen atoms in total. The van der Waals surface area contributed by atoms with Crippen molar-refractivity contribution in [1.82, 2.24) is 4.90 Å². The maximum Gasteiger partial charge on any atom is 0.410 e. The highest BCUT2D eigenvalue weighted by atomic mass is 16.6. The first-order chi connectivity index (χ1) is 7.96. The van der Waals surface area contributed by atoms with E-state index in [0.717, 1.165) is 24.9 Å². The third-order valence-corrected chi connectivity index (χ3v) is 3.88. The van der Waals surface area contributed by atoms with Gasteiger partial charge in [0, 0.05) is 13.1 Å². The van der Waals surface area contributed by atoms with Gasteiger partial charge in [0.15, 0.2) is 0 Å². The van der Waals surface area contributed by atoms with E-state index < -0.39 is 0 Å². The molecular formula is C14H25NO2. The minimum absolute atomic E-state index is 0.135. The number of hydrogen-bond donors (Lipinski definition) is 0. The topological polar surface area (TPSA) is 29.5 Å². The van der Waals surface area contributed by atoms with Crippen LogP contribution in [0.1, 0.15) is 52.9 Å². The smallest absolute Gasteiger partial charge is 0.410 e. The van der Waals surface area contributed by atoms with Gasteiger partial charge in [0.1, 0.15) is 5.60 Å². The summed E-state index contributed by atoms with van der Waals surface area (Å²) in [5, 5.41) is 0. The second-order valence-electron chi connectivity index (χ2n) is 6.54. The highest BCUT2D eigenvalue weighted by molar-refractivity contribution is 5.69. The van der Waals surface area contributed by atoms with Crippen LogP contribution in [0.4, 0.5) is 4.79 Å². The summed E-state index contributed by atoms with van der Waals surface area (Å²) in [7, 11) is 0. The quantitative estimate of drug-likeness (QED) is 0.701. The molecule has 3 heteroatoms. The van der Waals surface area contributed by atoms with Gasteiger partial charge < -0.3 is 9.64 Å². The van der Waals surface area contributed by atoms with Crippen molar-refractivity contribution in [2.75, 3.05) is 13.1 Å². The molecule has 0 aromatic rings. The van der Waals surface area contributed by atoms with Crippen molar-refractivity contribution in [3.05, 3.63) is 0 Å². The van der Waals surface area contributed by atoms with E-state index in [0.29, 0.717) is 0 Å². The fraction of sp³-hybridized carbons (Fsp3) is 0.929. The van der Waals surface area contributed by atoms with Crippen LogP contribution in [0.5, 0.6) is 0 Å². The molecule has 1 heterocycles. The first-order valence-electron chi connectivity index (χ1n) is 6.93. The van der Waals surface area contributed by atoms with E-state index in [4.69, 9.17) is 4.74 Å². The van der Waals surface area contributed by atoms with Crippen LogP contribution < -0.4 is 0 Å². The summed E-state index contributed by atoms with van der Waals surface area (Å²) in [5.74, 6) is 1.60. The van der Waals surface area contributed by atoms with Crippen molar-refractivity contribution in [2.45, 2.75) is 58.5 Å². The standard InChI is InChI=1S/C14H25NO2/c1-14(2,3)17-13(16)15-9-12(10-15)11-7-5-4-6-8-11/h11-12H,4-10H2,1-3H3.